The molecule has 1 aliphatic rings. The van der Waals surface area contributed by atoms with Gasteiger partial charge in [-0.3, -0.25) is 9.00 Å². The molecule has 1 fully saturated rings. The van der Waals surface area contributed by atoms with Crippen molar-refractivity contribution in [3.8, 4) is 0 Å². The number of hydrogen-bond acceptors (Lipinski definition) is 3. The monoisotopic (exact) mass is 274 g/mol. The average molecular weight is 274 g/mol. The van der Waals surface area contributed by atoms with Gasteiger partial charge in [0.05, 0.1) is 0 Å². The number of carbonyl (C=O) groups is 1. The molecule has 18 heavy (non-hydrogen) atoms. The molecule has 4 unspecified atom stereocenters. The Morgan fingerprint density at radius 1 is 1.44 bits per heavy atom. The second-order valence-electron chi connectivity index (χ2n) is 5.97. The van der Waals surface area contributed by atoms with Crippen LogP contribution in [0.4, 0.5) is 0 Å². The number of nitrogens with one attached hydrogen (secondary N) is 1. The van der Waals surface area contributed by atoms with Gasteiger partial charge in [0, 0.05) is 41.3 Å². The molecule has 4 nitrogen and oxygen atoms in total. The van der Waals surface area contributed by atoms with E-state index in [9.17, 15) is 9.00 Å². The molecule has 0 aromatic heterocycles. The fraction of sp³-hybridized carbons (Fsp3) is 0.923. The molecular formula is C13H26N2O2S. The highest BCUT2D eigenvalue weighted by Crippen LogP contribution is 2.44. The summed E-state index contributed by atoms with van der Waals surface area (Å²) in [4.78, 5) is 12.2. The van der Waals surface area contributed by atoms with E-state index in [1.165, 1.54) is 0 Å². The van der Waals surface area contributed by atoms with Crippen LogP contribution in [0, 0.1) is 17.3 Å². The summed E-state index contributed by atoms with van der Waals surface area (Å²) in [6.45, 7) is 6.87. The second kappa shape index (κ2) is 6.15. The maximum Gasteiger partial charge on any atom is 0.223 e. The Kier molecular flexibility index (Phi) is 5.34. The number of carbonyl (C=O) groups excluding carboxylic acids is 1. The van der Waals surface area contributed by atoms with Crippen molar-refractivity contribution in [1.82, 2.24) is 5.32 Å². The summed E-state index contributed by atoms with van der Waals surface area (Å²) in [5, 5.41) is 2.90. The quantitative estimate of drug-likeness (QED) is 0.799. The van der Waals surface area contributed by atoms with Crippen LogP contribution in [0.5, 0.6) is 0 Å². The van der Waals surface area contributed by atoms with Gasteiger partial charge in [-0.05, 0) is 24.2 Å². The zero-order chi connectivity index (χ0) is 13.9. The maximum atomic E-state index is 12.2. The lowest BCUT2D eigenvalue weighted by atomic mass is 9.61. The first-order valence-electron chi connectivity index (χ1n) is 6.60. The second-order valence-corrected chi connectivity index (χ2v) is 7.53. The largest absolute Gasteiger partial charge is 0.355 e. The van der Waals surface area contributed by atoms with Gasteiger partial charge < -0.3 is 11.1 Å². The van der Waals surface area contributed by atoms with Gasteiger partial charge in [-0.25, -0.2) is 0 Å². The number of rotatable bonds is 4. The fourth-order valence-corrected chi connectivity index (χ4v) is 3.15. The smallest absolute Gasteiger partial charge is 0.223 e. The van der Waals surface area contributed by atoms with Crippen LogP contribution in [0.1, 0.15) is 33.6 Å². The standard InChI is InChI=1S/C13H26N2O2S/c1-9-11(14)6-5-10(13(9,2)3)12(16)15-7-8-18(4)17/h9-11H,5-8,14H2,1-4H3,(H,15,16). The number of hydrogen-bond donors (Lipinski definition) is 2. The summed E-state index contributed by atoms with van der Waals surface area (Å²) in [5.74, 6) is 0.956. The predicted molar refractivity (Wildman–Crippen MR) is 75.6 cm³/mol. The number of nitrogens with two attached hydrogens (primary N) is 1. The summed E-state index contributed by atoms with van der Waals surface area (Å²) in [6.07, 6.45) is 3.40. The van der Waals surface area contributed by atoms with Crippen molar-refractivity contribution in [1.29, 1.82) is 0 Å². The van der Waals surface area contributed by atoms with Crippen LogP contribution in [-0.2, 0) is 15.6 Å². The van der Waals surface area contributed by atoms with E-state index in [0.29, 0.717) is 18.2 Å². The van der Waals surface area contributed by atoms with Crippen molar-refractivity contribution in [3.05, 3.63) is 0 Å². The predicted octanol–water partition coefficient (Wildman–Crippen LogP) is 0.881. The molecule has 3 N–H and O–H groups in total. The third-order valence-electron chi connectivity index (χ3n) is 4.51. The molecule has 4 atom stereocenters. The third-order valence-corrected chi connectivity index (χ3v) is 5.29. The highest BCUT2D eigenvalue weighted by atomic mass is 32.2. The van der Waals surface area contributed by atoms with E-state index in [0.717, 1.165) is 12.8 Å². The summed E-state index contributed by atoms with van der Waals surface area (Å²) >= 11 is 0. The van der Waals surface area contributed by atoms with Crippen LogP contribution in [0.3, 0.4) is 0 Å². The lowest BCUT2D eigenvalue weighted by molar-refractivity contribution is -0.132. The van der Waals surface area contributed by atoms with Crippen molar-refractivity contribution < 1.29 is 9.00 Å². The Bertz CT molecular complexity index is 331. The van der Waals surface area contributed by atoms with Crippen LogP contribution < -0.4 is 11.1 Å². The number of amides is 1. The van der Waals surface area contributed by atoms with E-state index in [-0.39, 0.29) is 23.3 Å². The zero-order valence-corrected chi connectivity index (χ0v) is 12.7. The van der Waals surface area contributed by atoms with Gasteiger partial charge in [0.25, 0.3) is 0 Å². The van der Waals surface area contributed by atoms with Crippen LogP contribution in [-0.4, -0.2) is 34.7 Å². The first-order valence-corrected chi connectivity index (χ1v) is 8.32. The van der Waals surface area contributed by atoms with E-state index in [2.05, 4.69) is 26.1 Å². The summed E-state index contributed by atoms with van der Waals surface area (Å²) in [7, 11) is -0.854. The molecule has 1 saturated carbocycles. The van der Waals surface area contributed by atoms with Crippen LogP contribution >= 0.6 is 0 Å². The molecule has 0 aliphatic heterocycles. The summed E-state index contributed by atoms with van der Waals surface area (Å²) in [5.41, 5.74) is 6.01. The van der Waals surface area contributed by atoms with Crippen LogP contribution in [0.25, 0.3) is 0 Å². The summed E-state index contributed by atoms with van der Waals surface area (Å²) in [6, 6.07) is 0.187. The van der Waals surface area contributed by atoms with E-state index in [4.69, 9.17) is 5.73 Å². The highest BCUT2D eigenvalue weighted by molar-refractivity contribution is 7.84. The van der Waals surface area contributed by atoms with E-state index >= 15 is 0 Å². The molecule has 0 aromatic carbocycles. The molecule has 1 rings (SSSR count). The zero-order valence-electron chi connectivity index (χ0n) is 11.9. The third kappa shape index (κ3) is 3.54. The minimum atomic E-state index is -0.854. The van der Waals surface area contributed by atoms with Crippen molar-refractivity contribution in [2.45, 2.75) is 39.7 Å². The lowest BCUT2D eigenvalue weighted by Crippen LogP contribution is -2.51. The van der Waals surface area contributed by atoms with Crippen molar-refractivity contribution in [3.63, 3.8) is 0 Å². The van der Waals surface area contributed by atoms with Gasteiger partial charge in [-0.15, -0.1) is 0 Å². The molecule has 0 spiro atoms. The van der Waals surface area contributed by atoms with Gasteiger partial charge >= 0.3 is 0 Å². The Balaban J connectivity index is 2.59. The first-order chi connectivity index (χ1) is 8.26. The topological polar surface area (TPSA) is 72.2 Å². The maximum absolute atomic E-state index is 12.2. The van der Waals surface area contributed by atoms with E-state index < -0.39 is 10.8 Å². The minimum Gasteiger partial charge on any atom is -0.355 e. The fourth-order valence-electron chi connectivity index (χ4n) is 2.76. The van der Waals surface area contributed by atoms with Gasteiger partial charge in [0.1, 0.15) is 0 Å². The van der Waals surface area contributed by atoms with Crippen molar-refractivity contribution in [2.75, 3.05) is 18.6 Å². The Morgan fingerprint density at radius 3 is 2.61 bits per heavy atom. The molecule has 1 aliphatic carbocycles. The molecule has 0 aromatic rings. The minimum absolute atomic E-state index is 0.0117. The Labute approximate surface area is 113 Å². The van der Waals surface area contributed by atoms with Crippen LogP contribution in [0.2, 0.25) is 0 Å². The molecular weight excluding hydrogens is 248 g/mol. The van der Waals surface area contributed by atoms with Gasteiger partial charge in [-0.2, -0.15) is 0 Å². The van der Waals surface area contributed by atoms with E-state index in [1.54, 1.807) is 6.26 Å². The molecule has 0 saturated heterocycles. The molecule has 1 amide bonds. The Hall–Kier alpha value is -0.420. The first kappa shape index (κ1) is 15.6. The Morgan fingerprint density at radius 2 is 2.06 bits per heavy atom. The van der Waals surface area contributed by atoms with Gasteiger partial charge in [0.2, 0.25) is 5.91 Å². The molecule has 0 radical (unpaired) electrons. The van der Waals surface area contributed by atoms with Crippen molar-refractivity contribution in [2.24, 2.45) is 23.0 Å². The molecule has 106 valence electrons. The van der Waals surface area contributed by atoms with Gasteiger partial charge in [0.15, 0.2) is 0 Å². The average Bonchev–Trinajstić information content (AvgIpc) is 2.25. The lowest BCUT2D eigenvalue weighted by Gasteiger charge is -2.46. The molecule has 0 bridgehead atoms. The molecule has 0 heterocycles. The van der Waals surface area contributed by atoms with Crippen LogP contribution in [0.15, 0.2) is 0 Å². The normalized spacial score (nSPS) is 32.8. The summed E-state index contributed by atoms with van der Waals surface area (Å²) < 4.78 is 11.0. The highest BCUT2D eigenvalue weighted by Gasteiger charge is 2.44. The van der Waals surface area contributed by atoms with Crippen molar-refractivity contribution >= 4 is 16.7 Å². The molecule has 5 heteroatoms. The van der Waals surface area contributed by atoms with Gasteiger partial charge in [-0.1, -0.05) is 20.8 Å². The van der Waals surface area contributed by atoms with E-state index in [1.807, 2.05) is 0 Å². The SMILES string of the molecule is CC1C(N)CCC(C(=O)NCCS(C)=O)C1(C)C.